The maximum atomic E-state index is 4.70. The van der Waals surface area contributed by atoms with Crippen molar-refractivity contribution >= 4 is 22.6 Å². The van der Waals surface area contributed by atoms with Gasteiger partial charge < -0.3 is 14.7 Å². The Morgan fingerprint density at radius 2 is 1.93 bits per heavy atom. The topological polar surface area (TPSA) is 47.9 Å². The fourth-order valence-electron chi connectivity index (χ4n) is 3.41. The van der Waals surface area contributed by atoms with Crippen LogP contribution in [0.4, 0.5) is 5.82 Å². The second-order valence-electron chi connectivity index (χ2n) is 7.55. The first-order valence-corrected chi connectivity index (χ1v) is 9.70. The Morgan fingerprint density at radius 3 is 2.64 bits per heavy atom. The predicted octanol–water partition coefficient (Wildman–Crippen LogP) is 3.19. The first kappa shape index (κ1) is 20.0. The highest BCUT2D eigenvalue weighted by atomic mass is 15.3. The number of hydrogen-bond acceptors (Lipinski definition) is 5. The minimum atomic E-state index is 0.756. The summed E-state index contributed by atoms with van der Waals surface area (Å²) in [6, 6.07) is 6.01. The molecule has 0 radical (unpaired) electrons. The Balaban J connectivity index is 1.79. The molecule has 1 fully saturated rings. The quantitative estimate of drug-likeness (QED) is 0.591. The van der Waals surface area contributed by atoms with E-state index in [0.717, 1.165) is 61.0 Å². The number of piperazine rings is 1. The second-order valence-corrected chi connectivity index (χ2v) is 7.55. The Bertz CT molecular complexity index is 888. The van der Waals surface area contributed by atoms with E-state index in [4.69, 9.17) is 4.99 Å². The third-order valence-corrected chi connectivity index (χ3v) is 4.86. The van der Waals surface area contributed by atoms with E-state index in [2.05, 4.69) is 64.4 Å². The monoisotopic (exact) mass is 378 g/mol. The lowest BCUT2D eigenvalue weighted by molar-refractivity contribution is 0.216. The number of rotatable bonds is 5. The van der Waals surface area contributed by atoms with Crippen LogP contribution in [0.1, 0.15) is 13.8 Å². The molecule has 0 N–H and O–H groups in total. The standard InChI is InChI=1S/C22H30N6/c1-17(2)25-20(28-13-11-26(4)12-14-28)15-18(3)16-27(5)22-21-19(8-10-24-22)7-6-9-23-21/h6-10,15H,1,11-14,16H2,2-5H3/b18-15+,25-20?. The summed E-state index contributed by atoms with van der Waals surface area (Å²) in [6.45, 7) is 12.9. The van der Waals surface area contributed by atoms with Crippen LogP contribution in [0.25, 0.3) is 10.9 Å². The van der Waals surface area contributed by atoms with E-state index < -0.39 is 0 Å². The molecule has 0 bridgehead atoms. The Morgan fingerprint density at radius 1 is 1.18 bits per heavy atom. The van der Waals surface area contributed by atoms with Crippen LogP contribution in [0.5, 0.6) is 0 Å². The van der Waals surface area contributed by atoms with E-state index in [1.165, 1.54) is 5.57 Å². The maximum absolute atomic E-state index is 4.70. The number of amidine groups is 1. The molecular weight excluding hydrogens is 348 g/mol. The molecule has 0 unspecified atom stereocenters. The van der Waals surface area contributed by atoms with E-state index >= 15 is 0 Å². The summed E-state index contributed by atoms with van der Waals surface area (Å²) in [6.07, 6.45) is 5.83. The second kappa shape index (κ2) is 8.97. The lowest BCUT2D eigenvalue weighted by atomic mass is 10.2. The van der Waals surface area contributed by atoms with Gasteiger partial charge in [0.15, 0.2) is 5.82 Å². The molecule has 1 aliphatic heterocycles. The molecule has 3 heterocycles. The van der Waals surface area contributed by atoms with Crippen LogP contribution in [-0.2, 0) is 0 Å². The van der Waals surface area contributed by atoms with Crippen molar-refractivity contribution in [2.75, 3.05) is 51.7 Å². The van der Waals surface area contributed by atoms with Gasteiger partial charge in [0.1, 0.15) is 11.4 Å². The zero-order valence-electron chi connectivity index (χ0n) is 17.4. The lowest BCUT2D eigenvalue weighted by Gasteiger charge is -2.34. The SMILES string of the molecule is C=C(C)N=C(/C=C(\C)CN(C)c1nccc2cccnc12)N1CCN(C)CC1. The van der Waals surface area contributed by atoms with Crippen molar-refractivity contribution < 1.29 is 0 Å². The summed E-state index contributed by atoms with van der Waals surface area (Å²) in [5.74, 6) is 1.89. The Kier molecular flexibility index (Phi) is 6.41. The highest BCUT2D eigenvalue weighted by Crippen LogP contribution is 2.21. The normalized spacial score (nSPS) is 16.5. The van der Waals surface area contributed by atoms with E-state index in [1.807, 2.05) is 31.5 Å². The van der Waals surface area contributed by atoms with Crippen molar-refractivity contribution in [2.45, 2.75) is 13.8 Å². The molecule has 148 valence electrons. The van der Waals surface area contributed by atoms with Crippen molar-refractivity contribution in [1.29, 1.82) is 0 Å². The first-order chi connectivity index (χ1) is 13.4. The molecule has 0 saturated carbocycles. The van der Waals surface area contributed by atoms with Gasteiger partial charge in [0.05, 0.1) is 0 Å². The minimum Gasteiger partial charge on any atom is -0.354 e. The molecular formula is C22H30N6. The third-order valence-electron chi connectivity index (χ3n) is 4.86. The fourth-order valence-corrected chi connectivity index (χ4v) is 3.41. The summed E-state index contributed by atoms with van der Waals surface area (Å²) in [5.41, 5.74) is 2.97. The smallest absolute Gasteiger partial charge is 0.155 e. The zero-order valence-corrected chi connectivity index (χ0v) is 17.4. The molecule has 0 aromatic carbocycles. The van der Waals surface area contributed by atoms with Gasteiger partial charge >= 0.3 is 0 Å². The fraction of sp³-hybridized carbons (Fsp3) is 0.409. The van der Waals surface area contributed by atoms with Crippen LogP contribution < -0.4 is 4.90 Å². The van der Waals surface area contributed by atoms with Crippen molar-refractivity contribution in [1.82, 2.24) is 19.8 Å². The van der Waals surface area contributed by atoms with Gasteiger partial charge in [-0.2, -0.15) is 0 Å². The van der Waals surface area contributed by atoms with Crippen LogP contribution in [0.3, 0.4) is 0 Å². The number of nitrogens with zero attached hydrogens (tertiary/aromatic N) is 6. The number of fused-ring (bicyclic) bond motifs is 1. The molecule has 0 aliphatic carbocycles. The number of aliphatic imine (C=N–C) groups is 1. The van der Waals surface area contributed by atoms with Crippen LogP contribution in [0.2, 0.25) is 0 Å². The summed E-state index contributed by atoms with van der Waals surface area (Å²) < 4.78 is 0. The van der Waals surface area contributed by atoms with Crippen molar-refractivity contribution in [3.63, 3.8) is 0 Å². The average molecular weight is 379 g/mol. The molecule has 2 aromatic heterocycles. The van der Waals surface area contributed by atoms with Gasteiger partial charge in [-0.3, -0.25) is 4.98 Å². The number of aromatic nitrogens is 2. The summed E-state index contributed by atoms with van der Waals surface area (Å²) in [5, 5.41) is 1.10. The van der Waals surface area contributed by atoms with Gasteiger partial charge in [0, 0.05) is 63.2 Å². The molecule has 1 aliphatic rings. The summed E-state index contributed by atoms with van der Waals surface area (Å²) >= 11 is 0. The van der Waals surface area contributed by atoms with E-state index in [9.17, 15) is 0 Å². The average Bonchev–Trinajstić information content (AvgIpc) is 2.67. The van der Waals surface area contributed by atoms with Gasteiger partial charge in [-0.05, 0) is 39.1 Å². The number of anilines is 1. The van der Waals surface area contributed by atoms with Crippen molar-refractivity contribution in [3.8, 4) is 0 Å². The number of hydrogen-bond donors (Lipinski definition) is 0. The molecule has 2 aromatic rings. The lowest BCUT2D eigenvalue weighted by Crippen LogP contribution is -2.46. The Labute approximate surface area is 167 Å². The summed E-state index contributed by atoms with van der Waals surface area (Å²) in [4.78, 5) is 20.6. The van der Waals surface area contributed by atoms with Gasteiger partial charge in [-0.15, -0.1) is 0 Å². The molecule has 1 saturated heterocycles. The third kappa shape index (κ3) is 4.95. The van der Waals surface area contributed by atoms with E-state index in [-0.39, 0.29) is 0 Å². The molecule has 28 heavy (non-hydrogen) atoms. The van der Waals surface area contributed by atoms with Crippen molar-refractivity contribution in [2.24, 2.45) is 4.99 Å². The predicted molar refractivity (Wildman–Crippen MR) is 118 cm³/mol. The minimum absolute atomic E-state index is 0.756. The summed E-state index contributed by atoms with van der Waals surface area (Å²) in [7, 11) is 4.22. The molecule has 6 heteroatoms. The van der Waals surface area contributed by atoms with Gasteiger partial charge in [0.2, 0.25) is 0 Å². The van der Waals surface area contributed by atoms with Gasteiger partial charge in [0.25, 0.3) is 0 Å². The van der Waals surface area contributed by atoms with Crippen molar-refractivity contribution in [3.05, 3.63) is 54.5 Å². The van der Waals surface area contributed by atoms with Crippen LogP contribution in [0, 0.1) is 0 Å². The Hall–Kier alpha value is -2.73. The molecule has 0 atom stereocenters. The molecule has 3 rings (SSSR count). The van der Waals surface area contributed by atoms with Crippen LogP contribution in [0.15, 0.2) is 59.5 Å². The highest BCUT2D eigenvalue weighted by Gasteiger charge is 2.17. The van der Waals surface area contributed by atoms with Gasteiger partial charge in [-0.1, -0.05) is 18.2 Å². The zero-order chi connectivity index (χ0) is 20.1. The van der Waals surface area contributed by atoms with E-state index in [1.54, 1.807) is 0 Å². The number of pyridine rings is 2. The molecule has 6 nitrogen and oxygen atoms in total. The van der Waals surface area contributed by atoms with Crippen LogP contribution >= 0.6 is 0 Å². The highest BCUT2D eigenvalue weighted by molar-refractivity contribution is 5.94. The number of likely N-dealkylation sites (N-methyl/N-ethyl adjacent to an activating group) is 2. The van der Waals surface area contributed by atoms with Gasteiger partial charge in [-0.25, -0.2) is 9.98 Å². The number of allylic oxidation sites excluding steroid dienone is 1. The largest absolute Gasteiger partial charge is 0.354 e. The van der Waals surface area contributed by atoms with E-state index in [0.29, 0.717) is 0 Å². The maximum Gasteiger partial charge on any atom is 0.155 e. The molecule has 0 amide bonds. The molecule has 0 spiro atoms. The van der Waals surface area contributed by atoms with Crippen LogP contribution in [-0.4, -0.2) is 72.4 Å². The first-order valence-electron chi connectivity index (χ1n) is 9.70.